The van der Waals surface area contributed by atoms with Crippen molar-refractivity contribution >= 4 is 12.3 Å². The van der Waals surface area contributed by atoms with Crippen molar-refractivity contribution in [2.24, 2.45) is 0 Å². The van der Waals surface area contributed by atoms with E-state index in [0.717, 1.165) is 22.3 Å². The molecule has 0 saturated heterocycles. The summed E-state index contributed by atoms with van der Waals surface area (Å²) < 4.78 is 19.7. The SMILES string of the molecule is COC(=O)Oc1cc(C)ccc1C(C)C.Cc1ccc(C(C)C)c(OC(=O)OC(C)C)c1. The Bertz CT molecular complexity index is 899. The maximum atomic E-state index is 11.5. The van der Waals surface area contributed by atoms with E-state index in [2.05, 4.69) is 32.4 Å². The zero-order valence-corrected chi connectivity index (χ0v) is 20.6. The number of carbonyl (C=O) groups is 2. The average Bonchev–Trinajstić information content (AvgIpc) is 2.67. The summed E-state index contributed by atoms with van der Waals surface area (Å²) in [6.07, 6.45) is -1.50. The number of ether oxygens (including phenoxy) is 4. The van der Waals surface area contributed by atoms with Crippen LogP contribution in [0.3, 0.4) is 0 Å². The van der Waals surface area contributed by atoms with Crippen molar-refractivity contribution in [1.29, 1.82) is 0 Å². The van der Waals surface area contributed by atoms with E-state index in [-0.39, 0.29) is 6.10 Å². The Balaban J connectivity index is 0.000000323. The third-order valence-electron chi connectivity index (χ3n) is 4.47. The van der Waals surface area contributed by atoms with Crippen molar-refractivity contribution < 1.29 is 28.5 Å². The number of rotatable bonds is 5. The summed E-state index contributed by atoms with van der Waals surface area (Å²) in [5.74, 6) is 1.78. The van der Waals surface area contributed by atoms with Crippen LogP contribution in [0.4, 0.5) is 9.59 Å². The molecule has 0 aromatic heterocycles. The number of methoxy groups -OCH3 is 1. The van der Waals surface area contributed by atoms with Crippen LogP contribution in [0.25, 0.3) is 0 Å². The minimum absolute atomic E-state index is 0.171. The summed E-state index contributed by atoms with van der Waals surface area (Å²) in [5.41, 5.74) is 4.13. The van der Waals surface area contributed by atoms with Gasteiger partial charge in [0.25, 0.3) is 0 Å². The number of hydrogen-bond acceptors (Lipinski definition) is 6. The van der Waals surface area contributed by atoms with Gasteiger partial charge in [0.1, 0.15) is 11.5 Å². The van der Waals surface area contributed by atoms with E-state index in [1.54, 1.807) is 13.8 Å². The van der Waals surface area contributed by atoms with Gasteiger partial charge in [-0.05, 0) is 73.9 Å². The third-order valence-corrected chi connectivity index (χ3v) is 4.47. The maximum Gasteiger partial charge on any atom is 0.514 e. The molecule has 0 amide bonds. The third kappa shape index (κ3) is 9.00. The van der Waals surface area contributed by atoms with Gasteiger partial charge in [-0.25, -0.2) is 9.59 Å². The van der Waals surface area contributed by atoms with E-state index in [0.29, 0.717) is 23.3 Å². The van der Waals surface area contributed by atoms with Crippen LogP contribution in [0.5, 0.6) is 11.5 Å². The first-order chi connectivity index (χ1) is 14.9. The summed E-state index contributed by atoms with van der Waals surface area (Å²) in [4.78, 5) is 22.5. The smallest absolute Gasteiger partial charge is 0.437 e. The highest BCUT2D eigenvalue weighted by atomic mass is 16.7. The molecule has 0 bridgehead atoms. The summed E-state index contributed by atoms with van der Waals surface area (Å²) in [5, 5.41) is 0. The summed E-state index contributed by atoms with van der Waals surface area (Å²) in [6.45, 7) is 15.7. The molecule has 0 heterocycles. The van der Waals surface area contributed by atoms with E-state index in [9.17, 15) is 9.59 Å². The molecular weight excluding hydrogens is 408 g/mol. The second kappa shape index (κ2) is 12.7. The molecule has 0 aliphatic carbocycles. The van der Waals surface area contributed by atoms with Crippen molar-refractivity contribution in [3.63, 3.8) is 0 Å². The minimum Gasteiger partial charge on any atom is -0.437 e. The normalized spacial score (nSPS) is 10.5. The van der Waals surface area contributed by atoms with Gasteiger partial charge in [-0.3, -0.25) is 0 Å². The van der Waals surface area contributed by atoms with Gasteiger partial charge < -0.3 is 18.9 Å². The van der Waals surface area contributed by atoms with Crippen molar-refractivity contribution in [3.05, 3.63) is 58.7 Å². The topological polar surface area (TPSA) is 71.1 Å². The Kier molecular flexibility index (Phi) is 10.8. The molecule has 32 heavy (non-hydrogen) atoms. The first-order valence-electron chi connectivity index (χ1n) is 10.8. The molecule has 0 aliphatic rings. The van der Waals surface area contributed by atoms with Gasteiger partial charge in [0.15, 0.2) is 0 Å². The zero-order chi connectivity index (χ0) is 24.4. The lowest BCUT2D eigenvalue weighted by atomic mass is 10.0. The van der Waals surface area contributed by atoms with Gasteiger partial charge in [0, 0.05) is 0 Å². The first-order valence-corrected chi connectivity index (χ1v) is 10.8. The van der Waals surface area contributed by atoms with Crippen LogP contribution in [0, 0.1) is 13.8 Å². The van der Waals surface area contributed by atoms with Crippen molar-refractivity contribution in [2.45, 2.75) is 73.3 Å². The van der Waals surface area contributed by atoms with Gasteiger partial charge in [-0.15, -0.1) is 0 Å². The van der Waals surface area contributed by atoms with Gasteiger partial charge >= 0.3 is 12.3 Å². The van der Waals surface area contributed by atoms with Crippen LogP contribution in [0.15, 0.2) is 36.4 Å². The fourth-order valence-electron chi connectivity index (χ4n) is 2.85. The number of hydrogen-bond donors (Lipinski definition) is 0. The average molecular weight is 445 g/mol. The molecule has 0 radical (unpaired) electrons. The van der Waals surface area contributed by atoms with Gasteiger partial charge in [0.2, 0.25) is 0 Å². The van der Waals surface area contributed by atoms with E-state index in [1.165, 1.54) is 7.11 Å². The van der Waals surface area contributed by atoms with Crippen LogP contribution >= 0.6 is 0 Å². The van der Waals surface area contributed by atoms with Gasteiger partial charge in [-0.1, -0.05) is 52.0 Å². The molecule has 2 aromatic rings. The molecule has 0 aliphatic heterocycles. The molecule has 0 N–H and O–H groups in total. The molecule has 2 rings (SSSR count). The Labute approximate surface area is 191 Å². The second-order valence-corrected chi connectivity index (χ2v) is 8.47. The Morgan fingerprint density at radius 1 is 0.688 bits per heavy atom. The fourth-order valence-corrected chi connectivity index (χ4v) is 2.85. The van der Waals surface area contributed by atoms with Crippen LogP contribution < -0.4 is 9.47 Å². The largest absolute Gasteiger partial charge is 0.514 e. The number of benzene rings is 2. The predicted molar refractivity (Wildman–Crippen MR) is 126 cm³/mol. The lowest BCUT2D eigenvalue weighted by Gasteiger charge is -2.14. The Morgan fingerprint density at radius 2 is 1.09 bits per heavy atom. The highest BCUT2D eigenvalue weighted by molar-refractivity contribution is 5.65. The quantitative estimate of drug-likeness (QED) is 0.356. The number of aryl methyl sites for hydroxylation is 2. The maximum absolute atomic E-state index is 11.5. The van der Waals surface area contributed by atoms with E-state index < -0.39 is 12.3 Å². The lowest BCUT2D eigenvalue weighted by molar-refractivity contribution is 0.0725. The molecule has 176 valence electrons. The van der Waals surface area contributed by atoms with Gasteiger partial charge in [0.05, 0.1) is 13.2 Å². The highest BCUT2D eigenvalue weighted by Crippen LogP contribution is 2.28. The molecular formula is C26H36O6. The minimum atomic E-state index is -0.678. The van der Waals surface area contributed by atoms with Crippen LogP contribution in [-0.4, -0.2) is 25.5 Å². The number of carbonyl (C=O) groups excluding carboxylic acids is 2. The lowest BCUT2D eigenvalue weighted by Crippen LogP contribution is -2.16. The molecule has 2 aromatic carbocycles. The summed E-state index contributed by atoms with van der Waals surface area (Å²) >= 11 is 0. The molecule has 0 fully saturated rings. The molecule has 6 heteroatoms. The molecule has 6 nitrogen and oxygen atoms in total. The summed E-state index contributed by atoms with van der Waals surface area (Å²) in [7, 11) is 1.30. The Hall–Kier alpha value is -3.02. The van der Waals surface area contributed by atoms with E-state index in [4.69, 9.17) is 14.2 Å². The molecule has 0 saturated carbocycles. The zero-order valence-electron chi connectivity index (χ0n) is 20.6. The van der Waals surface area contributed by atoms with Crippen molar-refractivity contribution in [1.82, 2.24) is 0 Å². The Morgan fingerprint density at radius 3 is 1.44 bits per heavy atom. The first kappa shape index (κ1) is 27.0. The molecule has 0 atom stereocenters. The van der Waals surface area contributed by atoms with Crippen LogP contribution in [0.1, 0.15) is 75.6 Å². The molecule has 0 spiro atoms. The second-order valence-electron chi connectivity index (χ2n) is 8.47. The van der Waals surface area contributed by atoms with Crippen molar-refractivity contribution in [3.8, 4) is 11.5 Å². The fraction of sp³-hybridized carbons (Fsp3) is 0.462. The van der Waals surface area contributed by atoms with Crippen molar-refractivity contribution in [2.75, 3.05) is 7.11 Å². The highest BCUT2D eigenvalue weighted by Gasteiger charge is 2.14. The summed E-state index contributed by atoms with van der Waals surface area (Å²) in [6, 6.07) is 11.7. The van der Waals surface area contributed by atoms with Crippen LogP contribution in [0.2, 0.25) is 0 Å². The van der Waals surface area contributed by atoms with E-state index in [1.807, 2.05) is 50.2 Å². The van der Waals surface area contributed by atoms with Gasteiger partial charge in [-0.2, -0.15) is 0 Å². The molecule has 0 unspecified atom stereocenters. The van der Waals surface area contributed by atoms with Crippen LogP contribution in [-0.2, 0) is 9.47 Å². The van der Waals surface area contributed by atoms with E-state index >= 15 is 0 Å². The standard InChI is InChI=1S/C14H20O3.C12H16O3/c1-9(2)12-7-6-11(5)8-13(12)17-14(15)16-10(3)4;1-8(2)10-6-5-9(3)7-11(10)15-12(13)14-4/h6-10H,1-5H3;5-8H,1-4H3. The monoisotopic (exact) mass is 444 g/mol. The predicted octanol–water partition coefficient (Wildman–Crippen LogP) is 7.31.